The van der Waals surface area contributed by atoms with Crippen LogP contribution in [0.15, 0.2) is 18.2 Å². The first kappa shape index (κ1) is 12.8. The van der Waals surface area contributed by atoms with Crippen molar-refractivity contribution >= 4 is 17.5 Å². The fourth-order valence-corrected chi connectivity index (χ4v) is 3.10. The number of nitrogens with two attached hydrogens (primary N) is 1. The first-order valence-corrected chi connectivity index (χ1v) is 6.90. The minimum absolute atomic E-state index is 0.0524. The minimum atomic E-state index is -0.155. The van der Waals surface area contributed by atoms with Gasteiger partial charge < -0.3 is 15.4 Å². The Bertz CT molecular complexity index is 516. The highest BCUT2D eigenvalue weighted by Crippen LogP contribution is 2.42. The fraction of sp³-hybridized carbons (Fsp3) is 0.500. The van der Waals surface area contributed by atoms with Crippen LogP contribution >= 0.6 is 11.6 Å². The Morgan fingerprint density at radius 3 is 2.74 bits per heavy atom. The van der Waals surface area contributed by atoms with Crippen LogP contribution in [0.3, 0.4) is 0 Å². The van der Waals surface area contributed by atoms with Crippen LogP contribution in [0.1, 0.15) is 30.9 Å². The predicted octanol–water partition coefficient (Wildman–Crippen LogP) is 2.11. The van der Waals surface area contributed by atoms with Gasteiger partial charge in [0, 0.05) is 18.5 Å². The average molecular weight is 281 g/mol. The standard InChI is InChI=1S/C14H17ClN2O2/c1-19-12-5-2-8(6-10(12)15)14-11(16)7-13(18)17(14)9-3-4-9/h2,5-6,9,11,14H,3-4,7,16H2,1H3. The number of hydrogen-bond donors (Lipinski definition) is 1. The Hall–Kier alpha value is -1.26. The van der Waals surface area contributed by atoms with Crippen molar-refractivity contribution in [3.05, 3.63) is 28.8 Å². The molecule has 4 nitrogen and oxygen atoms in total. The van der Waals surface area contributed by atoms with E-state index in [4.69, 9.17) is 22.1 Å². The average Bonchev–Trinajstić information content (AvgIpc) is 3.15. The first-order chi connectivity index (χ1) is 9.11. The maximum atomic E-state index is 12.0. The molecule has 2 unspecified atom stereocenters. The van der Waals surface area contributed by atoms with Crippen molar-refractivity contribution in [3.63, 3.8) is 0 Å². The van der Waals surface area contributed by atoms with Crippen LogP contribution < -0.4 is 10.5 Å². The summed E-state index contributed by atoms with van der Waals surface area (Å²) in [4.78, 5) is 14.0. The third-order valence-corrected chi connectivity index (χ3v) is 4.16. The molecule has 102 valence electrons. The number of carbonyl (C=O) groups is 1. The number of likely N-dealkylation sites (tertiary alicyclic amines) is 1. The van der Waals surface area contributed by atoms with Crippen molar-refractivity contribution < 1.29 is 9.53 Å². The van der Waals surface area contributed by atoms with Crippen LogP contribution in [0.4, 0.5) is 0 Å². The van der Waals surface area contributed by atoms with Crippen molar-refractivity contribution in [2.24, 2.45) is 5.73 Å². The molecular weight excluding hydrogens is 264 g/mol. The molecule has 1 heterocycles. The van der Waals surface area contributed by atoms with E-state index >= 15 is 0 Å². The highest BCUT2D eigenvalue weighted by molar-refractivity contribution is 6.32. The van der Waals surface area contributed by atoms with Gasteiger partial charge in [-0.15, -0.1) is 0 Å². The van der Waals surface area contributed by atoms with Crippen molar-refractivity contribution in [1.29, 1.82) is 0 Å². The van der Waals surface area contributed by atoms with E-state index in [2.05, 4.69) is 0 Å². The smallest absolute Gasteiger partial charge is 0.225 e. The summed E-state index contributed by atoms with van der Waals surface area (Å²) in [6.07, 6.45) is 2.59. The summed E-state index contributed by atoms with van der Waals surface area (Å²) in [5.41, 5.74) is 7.14. The van der Waals surface area contributed by atoms with Crippen LogP contribution in [0, 0.1) is 0 Å². The molecule has 0 bridgehead atoms. The minimum Gasteiger partial charge on any atom is -0.495 e. The van der Waals surface area contributed by atoms with Gasteiger partial charge in [-0.25, -0.2) is 0 Å². The number of methoxy groups -OCH3 is 1. The third kappa shape index (κ3) is 2.19. The molecule has 0 spiro atoms. The van der Waals surface area contributed by atoms with Gasteiger partial charge >= 0.3 is 0 Å². The van der Waals surface area contributed by atoms with Gasteiger partial charge in [0.15, 0.2) is 0 Å². The van der Waals surface area contributed by atoms with Gasteiger partial charge in [0.25, 0.3) is 0 Å². The van der Waals surface area contributed by atoms with Crippen LogP contribution in [-0.2, 0) is 4.79 Å². The molecule has 19 heavy (non-hydrogen) atoms. The number of ether oxygens (including phenoxy) is 1. The van der Waals surface area contributed by atoms with E-state index in [9.17, 15) is 4.79 Å². The molecule has 1 saturated carbocycles. The van der Waals surface area contributed by atoms with Gasteiger partial charge in [0.05, 0.1) is 18.2 Å². The van der Waals surface area contributed by atoms with Crippen LogP contribution in [0.5, 0.6) is 5.75 Å². The molecule has 1 aromatic rings. The van der Waals surface area contributed by atoms with Crippen LogP contribution in [-0.4, -0.2) is 30.0 Å². The summed E-state index contributed by atoms with van der Waals surface area (Å²) in [6, 6.07) is 5.80. The number of rotatable bonds is 3. The maximum absolute atomic E-state index is 12.0. The molecule has 1 aliphatic carbocycles. The molecule has 5 heteroatoms. The Balaban J connectivity index is 1.95. The van der Waals surface area contributed by atoms with Crippen molar-refractivity contribution in [2.75, 3.05) is 7.11 Å². The van der Waals surface area contributed by atoms with Gasteiger partial charge in [-0.3, -0.25) is 4.79 Å². The van der Waals surface area contributed by atoms with Crippen LogP contribution in [0.25, 0.3) is 0 Å². The van der Waals surface area contributed by atoms with E-state index in [1.165, 1.54) is 0 Å². The third-order valence-electron chi connectivity index (χ3n) is 3.86. The van der Waals surface area contributed by atoms with Crippen molar-refractivity contribution in [3.8, 4) is 5.75 Å². The lowest BCUT2D eigenvalue weighted by Gasteiger charge is -2.27. The largest absolute Gasteiger partial charge is 0.495 e. The van der Waals surface area contributed by atoms with Crippen molar-refractivity contribution in [1.82, 2.24) is 4.90 Å². The second-order valence-corrected chi connectivity index (χ2v) is 5.65. The lowest BCUT2D eigenvalue weighted by molar-refractivity contribution is -0.129. The monoisotopic (exact) mass is 280 g/mol. The van der Waals surface area contributed by atoms with E-state index in [-0.39, 0.29) is 18.0 Å². The Kier molecular flexibility index (Phi) is 3.15. The molecule has 0 radical (unpaired) electrons. The molecule has 3 rings (SSSR count). The molecule has 0 aromatic heterocycles. The summed E-state index contributed by atoms with van der Waals surface area (Å²) >= 11 is 6.17. The first-order valence-electron chi connectivity index (χ1n) is 6.52. The van der Waals surface area contributed by atoms with E-state index in [0.29, 0.717) is 23.2 Å². The number of halogens is 1. The van der Waals surface area contributed by atoms with Gasteiger partial charge in [-0.1, -0.05) is 17.7 Å². The molecular formula is C14H17ClN2O2. The Labute approximate surface area is 117 Å². The second-order valence-electron chi connectivity index (χ2n) is 5.24. The highest BCUT2D eigenvalue weighted by atomic mass is 35.5. The Morgan fingerprint density at radius 1 is 1.42 bits per heavy atom. The number of carbonyl (C=O) groups excluding carboxylic acids is 1. The SMILES string of the molecule is COc1ccc(C2C(N)CC(=O)N2C2CC2)cc1Cl. The number of amides is 1. The van der Waals surface area contributed by atoms with Gasteiger partial charge in [-0.05, 0) is 30.5 Å². The maximum Gasteiger partial charge on any atom is 0.225 e. The quantitative estimate of drug-likeness (QED) is 0.923. The predicted molar refractivity (Wildman–Crippen MR) is 73.2 cm³/mol. The topological polar surface area (TPSA) is 55.6 Å². The van der Waals surface area contributed by atoms with Gasteiger partial charge in [0.2, 0.25) is 5.91 Å². The normalized spacial score (nSPS) is 26.9. The van der Waals surface area contributed by atoms with E-state index in [1.807, 2.05) is 23.1 Å². The lowest BCUT2D eigenvalue weighted by Crippen LogP contribution is -2.34. The molecule has 2 fully saturated rings. The molecule has 2 aliphatic rings. The molecule has 2 N–H and O–H groups in total. The zero-order chi connectivity index (χ0) is 13.6. The zero-order valence-electron chi connectivity index (χ0n) is 10.8. The second kappa shape index (κ2) is 4.69. The lowest BCUT2D eigenvalue weighted by atomic mass is 10.0. The van der Waals surface area contributed by atoms with E-state index in [1.54, 1.807) is 7.11 Å². The number of hydrogen-bond acceptors (Lipinski definition) is 3. The molecule has 2 atom stereocenters. The molecule has 1 saturated heterocycles. The highest BCUT2D eigenvalue weighted by Gasteiger charge is 2.45. The Morgan fingerprint density at radius 2 is 2.16 bits per heavy atom. The van der Waals surface area contributed by atoms with Gasteiger partial charge in [-0.2, -0.15) is 0 Å². The van der Waals surface area contributed by atoms with E-state index in [0.717, 1.165) is 18.4 Å². The van der Waals surface area contributed by atoms with Crippen LogP contribution in [0.2, 0.25) is 5.02 Å². The fourth-order valence-electron chi connectivity index (χ4n) is 2.84. The summed E-state index contributed by atoms with van der Waals surface area (Å²) < 4.78 is 5.15. The van der Waals surface area contributed by atoms with Gasteiger partial charge in [0.1, 0.15) is 5.75 Å². The van der Waals surface area contributed by atoms with Crippen molar-refractivity contribution in [2.45, 2.75) is 37.4 Å². The summed E-state index contributed by atoms with van der Waals surface area (Å²) in [5, 5.41) is 0.558. The summed E-state index contributed by atoms with van der Waals surface area (Å²) in [6.45, 7) is 0. The summed E-state index contributed by atoms with van der Waals surface area (Å²) in [7, 11) is 1.59. The zero-order valence-corrected chi connectivity index (χ0v) is 11.6. The molecule has 1 aliphatic heterocycles. The molecule has 1 aromatic carbocycles. The number of nitrogens with zero attached hydrogens (tertiary/aromatic N) is 1. The summed E-state index contributed by atoms with van der Waals surface area (Å²) in [5.74, 6) is 0.799. The molecule has 1 amide bonds. The number of benzene rings is 1. The van der Waals surface area contributed by atoms with E-state index < -0.39 is 0 Å².